The molecule has 37 heteroatoms. The maximum Gasteiger partial charge on any atom is 0.490 e. The van der Waals surface area contributed by atoms with Gasteiger partial charge in [-0.2, -0.15) is 0 Å². The summed E-state index contributed by atoms with van der Waals surface area (Å²) in [6, 6.07) is 48.9. The Balaban J connectivity index is 0.000000169. The molecule has 7 aromatic carbocycles. The summed E-state index contributed by atoms with van der Waals surface area (Å²) in [4.78, 5) is 77.2. The smallest absolute Gasteiger partial charge is 0.477 e. The summed E-state index contributed by atoms with van der Waals surface area (Å²) >= 11 is 11.7. The molecule has 650 valence electrons. The minimum atomic E-state index is -1.69. The minimum Gasteiger partial charge on any atom is -0.477 e. The molecule has 0 fully saturated rings. The number of aryl methyl sites for hydroxylation is 3. The Labute approximate surface area is 743 Å². The highest BCUT2D eigenvalue weighted by Crippen LogP contribution is 2.35. The Hall–Kier alpha value is -14.6. The van der Waals surface area contributed by atoms with E-state index in [0.29, 0.717) is 101 Å². The summed E-state index contributed by atoms with van der Waals surface area (Å²) in [6.45, 7) is 5.45. The van der Waals surface area contributed by atoms with Gasteiger partial charge in [0.25, 0.3) is 17.7 Å². The molecule has 128 heavy (non-hydrogen) atoms. The Bertz CT molecular complexity index is 6590. The van der Waals surface area contributed by atoms with Crippen molar-refractivity contribution in [3.63, 3.8) is 0 Å². The van der Waals surface area contributed by atoms with E-state index < -0.39 is 100 Å². The van der Waals surface area contributed by atoms with Crippen LogP contribution in [0.1, 0.15) is 64.2 Å². The number of pyridine rings is 7. The predicted octanol–water partition coefficient (Wildman–Crippen LogP) is 20.2. The van der Waals surface area contributed by atoms with Crippen molar-refractivity contribution in [2.45, 2.75) is 27.3 Å². The molecular weight excluding hydrogens is 1760 g/mol. The lowest BCUT2D eigenvalue weighted by Crippen LogP contribution is -2.32. The average molecular weight is 1830 g/mol. The highest BCUT2D eigenvalue weighted by atomic mass is 35.5. The summed E-state index contributed by atoms with van der Waals surface area (Å²) in [7, 11) is -1.69. The number of carbonyl (C=O) groups is 4. The van der Waals surface area contributed by atoms with Crippen LogP contribution in [0, 0.1) is 84.8 Å². The maximum atomic E-state index is 14.4. The number of hydrogen-bond donors (Lipinski definition) is 7. The average Bonchev–Trinajstić information content (AvgIpc) is 1.59. The molecule has 0 bridgehead atoms. The van der Waals surface area contributed by atoms with E-state index >= 15 is 0 Å². The third kappa shape index (κ3) is 22.7. The number of nitrogens with one attached hydrogen (secondary N) is 3. The molecular formula is C91H66BCl4F11N14O7. The number of benzene rings is 7. The van der Waals surface area contributed by atoms with Crippen LogP contribution in [-0.4, -0.2) is 94.1 Å². The first-order valence-electron chi connectivity index (χ1n) is 37.3. The van der Waals surface area contributed by atoms with Crippen LogP contribution >= 0.6 is 48.0 Å². The molecule has 0 unspecified atom stereocenters. The molecule has 0 radical (unpaired) electrons. The van der Waals surface area contributed by atoms with Gasteiger partial charge in [-0.15, -0.1) is 24.8 Å². The predicted molar refractivity (Wildman–Crippen MR) is 469 cm³/mol. The number of imidazole rings is 3. The van der Waals surface area contributed by atoms with Crippen LogP contribution < -0.4 is 27.1 Å². The Morgan fingerprint density at radius 1 is 0.383 bits per heavy atom. The zero-order valence-corrected chi connectivity index (χ0v) is 69.7. The first-order valence-corrected chi connectivity index (χ1v) is 38.0. The van der Waals surface area contributed by atoms with E-state index in [4.69, 9.17) is 44.1 Å². The van der Waals surface area contributed by atoms with E-state index in [9.17, 15) is 67.5 Å². The lowest BCUT2D eigenvalue weighted by Gasteiger charge is -2.11. The molecule has 0 saturated carbocycles. The fourth-order valence-corrected chi connectivity index (χ4v) is 12.8. The van der Waals surface area contributed by atoms with Gasteiger partial charge in [0.1, 0.15) is 87.0 Å². The van der Waals surface area contributed by atoms with Gasteiger partial charge in [0.2, 0.25) is 0 Å². The minimum absolute atomic E-state index is 0. The standard InChI is InChI=1S/2C26H17F3N4O.C13H12BFN2O3.C13H7ClF2N2.C7H4F2O2.C6H7ClN2.2ClH/c2*1-15-20(26(34)32-18-9-7-17(27)8-10-18)12-16(13-30-15)19-4-3-11-33-23(19)14-31-25(33)24-21(28)5-2-6-22(24)29;1-8-12(6-9(7-16-8)14(19)20)13(18)17-11-4-2-10(15)3-5-11;14-8-3-2-6-18-11(8)7-17-13(18)12-9(15)4-1-5-10(12)16;8-4-2-1-3-5(9)6(4)7(10)11;7-5-2-1-3-9-6(5)4-8;;/h2*2-14H,1H3,(H,32,34);2-7,19-20H,1H3,(H,17,18);1-7H;1-3H,(H,10,11);1-3H,4,8H2;2*1H. The number of aromatic carboxylic acids is 1. The van der Waals surface area contributed by atoms with Gasteiger partial charge in [0.15, 0.2) is 0 Å². The molecule has 3 amide bonds. The van der Waals surface area contributed by atoms with E-state index in [-0.39, 0.29) is 70.0 Å². The highest BCUT2D eigenvalue weighted by Gasteiger charge is 2.25. The molecule has 0 aliphatic rings. The lowest BCUT2D eigenvalue weighted by atomic mass is 9.80. The first-order chi connectivity index (χ1) is 60.5. The summed E-state index contributed by atoms with van der Waals surface area (Å²) in [5.41, 5.74) is 12.8. The number of nitrogens with two attached hydrogens (primary N) is 1. The molecule has 17 rings (SSSR count). The molecule has 0 atom stereocenters. The third-order valence-electron chi connectivity index (χ3n) is 18.7. The SMILES string of the molecule is Cc1ncc(-c2cccn3c(-c4c(F)cccc4F)ncc23)cc1C(=O)Nc1ccc(F)cc1.Cc1ncc(-c2cccn3c(-c4c(F)cccc4F)ncc23)cc1C(=O)Nc1ccc(F)cc1.Cc1ncc(B(O)O)cc1C(=O)Nc1ccc(F)cc1.Cl.Cl.Fc1cccc(F)c1-c1ncc2c(Cl)cccn12.NCc1ncccc1Cl.O=C(O)c1c(F)cccc1F. The van der Waals surface area contributed by atoms with Crippen molar-refractivity contribution >= 4 is 118 Å². The molecule has 0 aliphatic carbocycles. The van der Waals surface area contributed by atoms with Crippen LogP contribution in [0.4, 0.5) is 65.4 Å². The van der Waals surface area contributed by atoms with E-state index in [1.807, 2.05) is 12.1 Å². The fraction of sp³-hybridized carbons (Fsp3) is 0.0440. The Morgan fingerprint density at radius 3 is 1.03 bits per heavy atom. The van der Waals surface area contributed by atoms with Crippen LogP contribution in [0.15, 0.2) is 274 Å². The zero-order valence-electron chi connectivity index (χ0n) is 66.5. The lowest BCUT2D eigenvalue weighted by molar-refractivity contribution is 0.0685. The number of halogens is 15. The number of rotatable bonds is 14. The number of anilines is 3. The molecule has 17 aromatic rings. The Kier molecular flexibility index (Phi) is 32.4. The number of hydrogen-bond acceptors (Lipinski definition) is 14. The monoisotopic (exact) mass is 1830 g/mol. The third-order valence-corrected chi connectivity index (χ3v) is 19.3. The number of amides is 3. The summed E-state index contributed by atoms with van der Waals surface area (Å²) in [5.74, 6) is -9.86. The quantitative estimate of drug-likeness (QED) is 0.0393. The van der Waals surface area contributed by atoms with Crippen molar-refractivity contribution < 1.29 is 82.6 Å². The highest BCUT2D eigenvalue weighted by molar-refractivity contribution is 6.58. The van der Waals surface area contributed by atoms with Crippen LogP contribution in [0.3, 0.4) is 0 Å². The van der Waals surface area contributed by atoms with Gasteiger partial charge in [-0.3, -0.25) is 47.5 Å². The van der Waals surface area contributed by atoms with Crippen molar-refractivity contribution in [3.8, 4) is 56.4 Å². The van der Waals surface area contributed by atoms with Crippen molar-refractivity contribution in [3.05, 3.63) is 393 Å². The van der Waals surface area contributed by atoms with Gasteiger partial charge in [-0.05, 0) is 197 Å². The largest absolute Gasteiger partial charge is 0.490 e. The normalized spacial score (nSPS) is 10.5. The van der Waals surface area contributed by atoms with Gasteiger partial charge >= 0.3 is 13.1 Å². The van der Waals surface area contributed by atoms with Gasteiger partial charge in [-0.1, -0.05) is 59.6 Å². The van der Waals surface area contributed by atoms with Gasteiger partial charge in [0.05, 0.1) is 95.6 Å². The van der Waals surface area contributed by atoms with Gasteiger partial charge < -0.3 is 36.8 Å². The van der Waals surface area contributed by atoms with Crippen molar-refractivity contribution in [1.82, 2.24) is 48.1 Å². The van der Waals surface area contributed by atoms with Crippen LogP contribution in [0.25, 0.3) is 73.0 Å². The van der Waals surface area contributed by atoms with Gasteiger partial charge in [0, 0.05) is 100 Å². The molecule has 0 aliphatic heterocycles. The van der Waals surface area contributed by atoms with E-state index in [2.05, 4.69) is 50.8 Å². The number of aromatic nitrogens is 10. The number of carboxylic acids is 1. The molecule has 21 nitrogen and oxygen atoms in total. The molecule has 0 saturated heterocycles. The van der Waals surface area contributed by atoms with Crippen LogP contribution in [-0.2, 0) is 6.54 Å². The Morgan fingerprint density at radius 2 is 0.703 bits per heavy atom. The molecule has 10 aromatic heterocycles. The van der Waals surface area contributed by atoms with Gasteiger partial charge in [-0.25, -0.2) is 68.0 Å². The number of nitrogens with zero attached hydrogens (tertiary/aromatic N) is 10. The second kappa shape index (κ2) is 43.4. The van der Waals surface area contributed by atoms with E-state index in [1.165, 1.54) is 158 Å². The molecule has 0 spiro atoms. The summed E-state index contributed by atoms with van der Waals surface area (Å²) in [5, 5.41) is 35.6. The van der Waals surface area contributed by atoms with Crippen LogP contribution in [0.5, 0.6) is 0 Å². The number of carboxylic acid groups (broad SMARTS) is 1. The number of carbonyl (C=O) groups excluding carboxylic acids is 3. The van der Waals surface area contributed by atoms with Crippen LogP contribution in [0.2, 0.25) is 10.0 Å². The topological polar surface area (TPSA) is 295 Å². The molecule has 10 heterocycles. The number of fused-ring (bicyclic) bond motifs is 3. The summed E-state index contributed by atoms with van der Waals surface area (Å²) < 4.78 is 154. The molecule has 8 N–H and O–H groups in total. The van der Waals surface area contributed by atoms with Crippen molar-refractivity contribution in [1.29, 1.82) is 0 Å². The second-order valence-corrected chi connectivity index (χ2v) is 27.7. The van der Waals surface area contributed by atoms with E-state index in [0.717, 1.165) is 23.9 Å². The summed E-state index contributed by atoms with van der Waals surface area (Å²) in [6.07, 6.45) is 15.7. The van der Waals surface area contributed by atoms with Crippen molar-refractivity contribution in [2.24, 2.45) is 5.73 Å². The zero-order chi connectivity index (χ0) is 90.2. The van der Waals surface area contributed by atoms with Crippen molar-refractivity contribution in [2.75, 3.05) is 16.0 Å². The van der Waals surface area contributed by atoms with E-state index in [1.54, 1.807) is 120 Å². The second-order valence-electron chi connectivity index (χ2n) is 26.9. The maximum absolute atomic E-state index is 14.4. The first kappa shape index (κ1) is 95.7. The fourth-order valence-electron chi connectivity index (χ4n) is 12.4.